The van der Waals surface area contributed by atoms with E-state index in [0.29, 0.717) is 41.1 Å². The molecule has 0 aliphatic carbocycles. The van der Waals surface area contributed by atoms with Crippen molar-refractivity contribution in [3.8, 4) is 28.6 Å². The van der Waals surface area contributed by atoms with Gasteiger partial charge in [-0.15, -0.1) is 0 Å². The third-order valence-electron chi connectivity index (χ3n) is 4.55. The minimum atomic E-state index is -0.337. The van der Waals surface area contributed by atoms with Gasteiger partial charge in [-0.25, -0.2) is 0 Å². The van der Waals surface area contributed by atoms with Crippen molar-refractivity contribution < 1.29 is 23.5 Å². The zero-order valence-corrected chi connectivity index (χ0v) is 18.4. The average molecular weight is 449 g/mol. The third kappa shape index (κ3) is 5.74. The first kappa shape index (κ1) is 22.0. The van der Waals surface area contributed by atoms with Crippen LogP contribution in [-0.2, 0) is 11.8 Å². The number of hydrogen-bond acceptors (Lipinski definition) is 8. The molecule has 33 heavy (non-hydrogen) atoms. The number of carbonyl (C=O) groups is 1. The summed E-state index contributed by atoms with van der Waals surface area (Å²) in [5, 5.41) is 10.8. The molecule has 1 atom stereocenters. The van der Waals surface area contributed by atoms with Gasteiger partial charge in [0, 0.05) is 43.6 Å². The van der Waals surface area contributed by atoms with Crippen molar-refractivity contribution in [2.75, 3.05) is 19.0 Å². The molecule has 0 saturated heterocycles. The molecule has 0 spiro atoms. The predicted molar refractivity (Wildman–Crippen MR) is 119 cm³/mol. The molecule has 0 fully saturated rings. The third-order valence-corrected chi connectivity index (χ3v) is 4.55. The summed E-state index contributed by atoms with van der Waals surface area (Å²) in [4.78, 5) is 16.9. The summed E-state index contributed by atoms with van der Waals surface area (Å²) in [5.74, 6) is 2.08. The first-order valence-corrected chi connectivity index (χ1v) is 10.2. The number of aromatic nitrogens is 4. The van der Waals surface area contributed by atoms with Crippen LogP contribution in [-0.4, -0.2) is 45.6 Å². The molecule has 2 heterocycles. The van der Waals surface area contributed by atoms with Crippen molar-refractivity contribution >= 4 is 11.7 Å². The van der Waals surface area contributed by atoms with E-state index in [1.807, 2.05) is 19.1 Å². The highest BCUT2D eigenvalue weighted by atomic mass is 16.5. The Morgan fingerprint density at radius 3 is 2.58 bits per heavy atom. The van der Waals surface area contributed by atoms with E-state index in [1.54, 1.807) is 61.4 Å². The van der Waals surface area contributed by atoms with Crippen molar-refractivity contribution in [2.45, 2.75) is 13.0 Å². The molecule has 0 aliphatic rings. The van der Waals surface area contributed by atoms with Crippen LogP contribution in [0.1, 0.15) is 17.3 Å². The fourth-order valence-corrected chi connectivity index (χ4v) is 3.11. The molecule has 1 N–H and O–H groups in total. The largest absolute Gasteiger partial charge is 0.488 e. The van der Waals surface area contributed by atoms with E-state index < -0.39 is 0 Å². The lowest BCUT2D eigenvalue weighted by atomic mass is 10.1. The van der Waals surface area contributed by atoms with Crippen molar-refractivity contribution in [3.63, 3.8) is 0 Å². The van der Waals surface area contributed by atoms with Gasteiger partial charge in [-0.05, 0) is 43.3 Å². The van der Waals surface area contributed by atoms with Gasteiger partial charge >= 0.3 is 0 Å². The molecule has 0 radical (unpaired) electrons. The maximum atomic E-state index is 12.8. The van der Waals surface area contributed by atoms with E-state index in [9.17, 15) is 4.79 Å². The second-order valence-corrected chi connectivity index (χ2v) is 7.29. The normalized spacial score (nSPS) is 11.7. The van der Waals surface area contributed by atoms with E-state index >= 15 is 0 Å². The summed E-state index contributed by atoms with van der Waals surface area (Å²) in [6.07, 6.45) is 2.80. The lowest BCUT2D eigenvalue weighted by Gasteiger charge is -2.16. The Hall–Kier alpha value is -4.18. The minimum Gasteiger partial charge on any atom is -0.488 e. The molecule has 10 heteroatoms. The second-order valence-electron chi connectivity index (χ2n) is 7.29. The van der Waals surface area contributed by atoms with Gasteiger partial charge in [-0.3, -0.25) is 9.48 Å². The van der Waals surface area contributed by atoms with Gasteiger partial charge in [-0.1, -0.05) is 5.16 Å². The molecule has 170 valence electrons. The zero-order chi connectivity index (χ0) is 23.2. The van der Waals surface area contributed by atoms with Crippen LogP contribution in [0.15, 0.2) is 65.6 Å². The van der Waals surface area contributed by atoms with Crippen molar-refractivity contribution in [2.24, 2.45) is 7.05 Å². The Kier molecular flexibility index (Phi) is 6.65. The summed E-state index contributed by atoms with van der Waals surface area (Å²) < 4.78 is 23.4. The maximum absolute atomic E-state index is 12.8. The second kappa shape index (κ2) is 9.96. The van der Waals surface area contributed by atoms with E-state index in [4.69, 9.17) is 18.7 Å². The van der Waals surface area contributed by atoms with Gasteiger partial charge in [-0.2, -0.15) is 10.1 Å². The topological polar surface area (TPSA) is 114 Å². The Bertz CT molecular complexity index is 1200. The molecular formula is C23H23N5O5. The zero-order valence-electron chi connectivity index (χ0n) is 18.4. The molecule has 0 saturated carbocycles. The van der Waals surface area contributed by atoms with E-state index in [1.165, 1.54) is 6.39 Å². The van der Waals surface area contributed by atoms with Crippen LogP contribution in [0.2, 0.25) is 0 Å². The number of aryl methyl sites for hydroxylation is 1. The van der Waals surface area contributed by atoms with Gasteiger partial charge in [0.2, 0.25) is 12.2 Å². The number of anilines is 1. The van der Waals surface area contributed by atoms with Crippen LogP contribution < -0.4 is 14.8 Å². The van der Waals surface area contributed by atoms with Crippen LogP contribution in [0.3, 0.4) is 0 Å². The molecule has 0 aliphatic heterocycles. The van der Waals surface area contributed by atoms with Gasteiger partial charge in [0.15, 0.2) is 5.82 Å². The smallest absolute Gasteiger partial charge is 0.257 e. The lowest BCUT2D eigenvalue weighted by molar-refractivity contribution is 0.0915. The van der Waals surface area contributed by atoms with E-state index in [-0.39, 0.29) is 12.0 Å². The number of nitrogens with one attached hydrogen (secondary N) is 1. The molecule has 2 aromatic carbocycles. The van der Waals surface area contributed by atoms with Crippen LogP contribution in [0.4, 0.5) is 5.82 Å². The highest BCUT2D eigenvalue weighted by Crippen LogP contribution is 2.29. The quantitative estimate of drug-likeness (QED) is 0.409. The van der Waals surface area contributed by atoms with Crippen LogP contribution >= 0.6 is 0 Å². The summed E-state index contributed by atoms with van der Waals surface area (Å²) in [6, 6.07) is 13.9. The number of hydrogen-bond donors (Lipinski definition) is 1. The standard InChI is InChI=1S/C23H23N5O5/c1-15(13-30-3)32-19-10-17(23(29)25-21-8-9-28(2)26-21)11-20(12-19)33-18-6-4-16(5-7-18)22-24-14-31-27-22/h4-12,14-15H,13H2,1-3H3,(H,25,26,29). The maximum Gasteiger partial charge on any atom is 0.257 e. The predicted octanol–water partition coefficient (Wildman–Crippen LogP) is 3.93. The number of ether oxygens (including phenoxy) is 3. The number of amides is 1. The molecule has 2 aromatic heterocycles. The number of carbonyl (C=O) groups excluding carboxylic acids is 1. The summed E-state index contributed by atoms with van der Waals surface area (Å²) >= 11 is 0. The van der Waals surface area contributed by atoms with E-state index in [2.05, 4.69) is 20.6 Å². The number of nitrogens with zero attached hydrogens (tertiary/aromatic N) is 4. The molecule has 1 unspecified atom stereocenters. The Morgan fingerprint density at radius 2 is 1.91 bits per heavy atom. The van der Waals surface area contributed by atoms with Crippen molar-refractivity contribution in [3.05, 3.63) is 66.7 Å². The Balaban J connectivity index is 1.57. The number of benzene rings is 2. The minimum absolute atomic E-state index is 0.216. The first-order valence-electron chi connectivity index (χ1n) is 10.2. The highest BCUT2D eigenvalue weighted by molar-refractivity contribution is 6.04. The molecule has 4 rings (SSSR count). The van der Waals surface area contributed by atoms with E-state index in [0.717, 1.165) is 5.56 Å². The van der Waals surface area contributed by atoms with Gasteiger partial charge in [0.05, 0.1) is 6.61 Å². The molecule has 1 amide bonds. The van der Waals surface area contributed by atoms with Crippen molar-refractivity contribution in [1.29, 1.82) is 0 Å². The Morgan fingerprint density at radius 1 is 1.12 bits per heavy atom. The molecule has 4 aromatic rings. The number of methoxy groups -OCH3 is 1. The number of rotatable bonds is 9. The van der Waals surface area contributed by atoms with Crippen LogP contribution in [0.5, 0.6) is 17.2 Å². The van der Waals surface area contributed by atoms with Gasteiger partial charge in [0.25, 0.3) is 5.91 Å². The Labute approximate surface area is 190 Å². The average Bonchev–Trinajstić information content (AvgIpc) is 3.46. The molecular weight excluding hydrogens is 426 g/mol. The fraction of sp³-hybridized carbons (Fsp3) is 0.217. The van der Waals surface area contributed by atoms with Gasteiger partial charge in [0.1, 0.15) is 23.4 Å². The molecule has 0 bridgehead atoms. The first-order chi connectivity index (χ1) is 16.0. The monoisotopic (exact) mass is 449 g/mol. The lowest BCUT2D eigenvalue weighted by Crippen LogP contribution is -2.18. The fourth-order valence-electron chi connectivity index (χ4n) is 3.11. The molecule has 10 nitrogen and oxygen atoms in total. The summed E-state index contributed by atoms with van der Waals surface area (Å²) in [5.41, 5.74) is 1.15. The summed E-state index contributed by atoms with van der Waals surface area (Å²) in [7, 11) is 3.38. The van der Waals surface area contributed by atoms with Crippen molar-refractivity contribution in [1.82, 2.24) is 19.9 Å². The van der Waals surface area contributed by atoms with Gasteiger partial charge < -0.3 is 24.1 Å². The SMILES string of the molecule is COCC(C)Oc1cc(Oc2ccc(-c3ncon3)cc2)cc(C(=O)Nc2ccn(C)n2)c1. The van der Waals surface area contributed by atoms with Crippen LogP contribution in [0.25, 0.3) is 11.4 Å². The van der Waals surface area contributed by atoms with Crippen LogP contribution in [0, 0.1) is 0 Å². The summed E-state index contributed by atoms with van der Waals surface area (Å²) in [6.45, 7) is 2.28. The highest BCUT2D eigenvalue weighted by Gasteiger charge is 2.14.